The molecule has 0 aromatic heterocycles. The van der Waals surface area contributed by atoms with Crippen LogP contribution in [0.1, 0.15) is 38.7 Å². The highest BCUT2D eigenvalue weighted by Gasteiger charge is 2.26. The Morgan fingerprint density at radius 3 is 2.39 bits per heavy atom. The van der Waals surface area contributed by atoms with Crippen molar-refractivity contribution in [3.63, 3.8) is 0 Å². The largest absolute Gasteiger partial charge is 0.495 e. The van der Waals surface area contributed by atoms with Gasteiger partial charge in [-0.3, -0.25) is 13.9 Å². The van der Waals surface area contributed by atoms with E-state index in [1.807, 2.05) is 37.3 Å². The van der Waals surface area contributed by atoms with Gasteiger partial charge in [0.25, 0.3) is 0 Å². The second-order valence-electron chi connectivity index (χ2n) is 8.55. The van der Waals surface area contributed by atoms with Gasteiger partial charge in [-0.05, 0) is 49.9 Å². The Hall–Kier alpha value is -2.78. The summed E-state index contributed by atoms with van der Waals surface area (Å²) < 4.78 is 31.3. The van der Waals surface area contributed by atoms with Crippen LogP contribution in [0.4, 0.5) is 5.69 Å². The van der Waals surface area contributed by atoms with Crippen LogP contribution in [-0.2, 0) is 26.0 Å². The number of amides is 2. The van der Waals surface area contributed by atoms with E-state index in [1.165, 1.54) is 17.5 Å². The number of ether oxygens (including phenoxy) is 1. The number of benzene rings is 2. The summed E-state index contributed by atoms with van der Waals surface area (Å²) >= 11 is 6.19. The van der Waals surface area contributed by atoms with Crippen LogP contribution in [-0.4, -0.2) is 64.2 Å². The Morgan fingerprint density at radius 2 is 1.81 bits per heavy atom. The predicted molar refractivity (Wildman–Crippen MR) is 144 cm³/mol. The molecule has 8 nitrogen and oxygen atoms in total. The second kappa shape index (κ2) is 14.1. The lowest BCUT2D eigenvalue weighted by atomic mass is 10.1. The average Bonchev–Trinajstić information content (AvgIpc) is 2.85. The van der Waals surface area contributed by atoms with Gasteiger partial charge in [0.1, 0.15) is 11.8 Å². The van der Waals surface area contributed by atoms with E-state index in [0.29, 0.717) is 36.0 Å². The van der Waals surface area contributed by atoms with E-state index in [0.717, 1.165) is 18.2 Å². The number of nitrogens with zero attached hydrogens (tertiary/aromatic N) is 2. The number of sulfonamides is 1. The van der Waals surface area contributed by atoms with Crippen molar-refractivity contribution >= 4 is 39.1 Å². The fourth-order valence-corrected chi connectivity index (χ4v) is 4.99. The first-order valence-electron chi connectivity index (χ1n) is 12.0. The summed E-state index contributed by atoms with van der Waals surface area (Å²) in [6.07, 6.45) is 2.89. The van der Waals surface area contributed by atoms with Gasteiger partial charge in [0, 0.05) is 26.1 Å². The van der Waals surface area contributed by atoms with Gasteiger partial charge in [-0.25, -0.2) is 8.42 Å². The normalized spacial score (nSPS) is 12.0. The molecule has 0 saturated carbocycles. The topological polar surface area (TPSA) is 96.0 Å². The Morgan fingerprint density at radius 1 is 1.11 bits per heavy atom. The number of anilines is 1. The van der Waals surface area contributed by atoms with Crippen molar-refractivity contribution in [3.05, 3.63) is 59.1 Å². The van der Waals surface area contributed by atoms with Gasteiger partial charge < -0.3 is 15.0 Å². The van der Waals surface area contributed by atoms with E-state index in [1.54, 1.807) is 24.0 Å². The fraction of sp³-hybridized carbons (Fsp3) is 0.462. The minimum Gasteiger partial charge on any atom is -0.495 e. The van der Waals surface area contributed by atoms with E-state index in [2.05, 4.69) is 5.32 Å². The number of hydrogen-bond acceptors (Lipinski definition) is 5. The number of methoxy groups -OCH3 is 1. The van der Waals surface area contributed by atoms with Crippen molar-refractivity contribution in [2.24, 2.45) is 0 Å². The lowest BCUT2D eigenvalue weighted by molar-refractivity contribution is -0.139. The molecule has 0 aliphatic rings. The predicted octanol–water partition coefficient (Wildman–Crippen LogP) is 3.88. The minimum absolute atomic E-state index is 0.0933. The molecule has 0 aliphatic heterocycles. The molecule has 0 fully saturated rings. The average molecular weight is 538 g/mol. The van der Waals surface area contributed by atoms with E-state index in [4.69, 9.17) is 16.3 Å². The summed E-state index contributed by atoms with van der Waals surface area (Å²) in [7, 11) is -2.13. The standard InChI is InChI=1S/C26H36ClN3O5S/c1-5-16-28-26(32)20(2)29(18-15-21-10-7-6-8-11-21)25(31)12-9-17-30(36(4,33)34)22-13-14-24(35-3)23(27)19-22/h6-8,10-11,13-14,19-20H,5,9,12,15-18H2,1-4H3,(H,28,32)/t20-/m1/s1. The van der Waals surface area contributed by atoms with Gasteiger partial charge in [-0.15, -0.1) is 0 Å². The number of carbonyl (C=O) groups excluding carboxylic acids is 2. The molecule has 0 saturated heterocycles. The van der Waals surface area contributed by atoms with E-state index in [-0.39, 0.29) is 31.2 Å². The Labute approximate surface area is 219 Å². The Balaban J connectivity index is 2.12. The van der Waals surface area contributed by atoms with Crippen LogP contribution in [0.25, 0.3) is 0 Å². The third-order valence-electron chi connectivity index (χ3n) is 5.78. The maximum atomic E-state index is 13.2. The third-order valence-corrected chi connectivity index (χ3v) is 7.27. The first-order valence-corrected chi connectivity index (χ1v) is 14.2. The SMILES string of the molecule is CCCNC(=O)[C@@H](C)N(CCc1ccccc1)C(=O)CCCN(c1ccc(OC)c(Cl)c1)S(C)(=O)=O. The van der Waals surface area contributed by atoms with Gasteiger partial charge in [0.15, 0.2) is 0 Å². The van der Waals surface area contributed by atoms with E-state index < -0.39 is 16.1 Å². The zero-order valence-electron chi connectivity index (χ0n) is 21.4. The minimum atomic E-state index is -3.61. The number of carbonyl (C=O) groups is 2. The molecule has 2 rings (SSSR count). The fourth-order valence-electron chi connectivity index (χ4n) is 3.78. The lowest BCUT2D eigenvalue weighted by Crippen LogP contribution is -2.49. The van der Waals surface area contributed by atoms with Gasteiger partial charge in [-0.1, -0.05) is 48.9 Å². The molecule has 1 atom stereocenters. The number of nitrogens with one attached hydrogen (secondary N) is 1. The molecule has 1 N–H and O–H groups in total. The highest BCUT2D eigenvalue weighted by molar-refractivity contribution is 7.92. The number of rotatable bonds is 14. The van der Waals surface area contributed by atoms with Crippen molar-refractivity contribution in [1.82, 2.24) is 10.2 Å². The van der Waals surface area contributed by atoms with Crippen LogP contribution in [0.2, 0.25) is 5.02 Å². The Kier molecular flexibility index (Phi) is 11.5. The molecular formula is C26H36ClN3O5S. The summed E-state index contributed by atoms with van der Waals surface area (Å²) in [5, 5.41) is 3.14. The molecule has 0 aliphatic carbocycles. The first-order chi connectivity index (χ1) is 17.1. The van der Waals surface area contributed by atoms with Crippen LogP contribution >= 0.6 is 11.6 Å². The zero-order valence-corrected chi connectivity index (χ0v) is 22.9. The van der Waals surface area contributed by atoms with Gasteiger partial charge in [-0.2, -0.15) is 0 Å². The smallest absolute Gasteiger partial charge is 0.242 e. The summed E-state index contributed by atoms with van der Waals surface area (Å²) in [6, 6.07) is 13.9. The van der Waals surface area contributed by atoms with Crippen LogP contribution in [0.5, 0.6) is 5.75 Å². The molecule has 0 heterocycles. The monoisotopic (exact) mass is 537 g/mol. The molecule has 2 aromatic rings. The first kappa shape index (κ1) is 29.5. The van der Waals surface area contributed by atoms with Gasteiger partial charge in [0.2, 0.25) is 21.8 Å². The molecule has 0 spiro atoms. The maximum Gasteiger partial charge on any atom is 0.242 e. The molecule has 0 unspecified atom stereocenters. The van der Waals surface area contributed by atoms with Crippen molar-refractivity contribution in [2.45, 2.75) is 45.6 Å². The molecule has 10 heteroatoms. The summed E-state index contributed by atoms with van der Waals surface area (Å²) in [4.78, 5) is 27.4. The zero-order chi connectivity index (χ0) is 26.7. The molecule has 198 valence electrons. The van der Waals surface area contributed by atoms with E-state index >= 15 is 0 Å². The van der Waals surface area contributed by atoms with Gasteiger partial charge >= 0.3 is 0 Å². The highest BCUT2D eigenvalue weighted by atomic mass is 35.5. The van der Waals surface area contributed by atoms with Crippen LogP contribution in [0.3, 0.4) is 0 Å². The molecule has 36 heavy (non-hydrogen) atoms. The van der Waals surface area contributed by atoms with Gasteiger partial charge in [0.05, 0.1) is 24.1 Å². The molecule has 0 radical (unpaired) electrons. The quantitative estimate of drug-likeness (QED) is 0.394. The lowest BCUT2D eigenvalue weighted by Gasteiger charge is -2.29. The van der Waals surface area contributed by atoms with Crippen LogP contribution in [0, 0.1) is 0 Å². The molecule has 0 bridgehead atoms. The summed E-state index contributed by atoms with van der Waals surface area (Å²) in [5.74, 6) is 0.0311. The Bertz CT molecular complexity index is 1110. The van der Waals surface area contributed by atoms with Crippen molar-refractivity contribution in [2.75, 3.05) is 37.3 Å². The molecule has 2 amide bonds. The second-order valence-corrected chi connectivity index (χ2v) is 10.9. The highest BCUT2D eigenvalue weighted by Crippen LogP contribution is 2.30. The van der Waals surface area contributed by atoms with Crippen molar-refractivity contribution in [3.8, 4) is 5.75 Å². The van der Waals surface area contributed by atoms with Crippen LogP contribution in [0.15, 0.2) is 48.5 Å². The van der Waals surface area contributed by atoms with Crippen molar-refractivity contribution in [1.29, 1.82) is 0 Å². The molecule has 2 aromatic carbocycles. The number of hydrogen-bond donors (Lipinski definition) is 1. The van der Waals surface area contributed by atoms with E-state index in [9.17, 15) is 18.0 Å². The maximum absolute atomic E-state index is 13.2. The van der Waals surface area contributed by atoms with Crippen LogP contribution < -0.4 is 14.4 Å². The third kappa shape index (κ3) is 8.71. The summed E-state index contributed by atoms with van der Waals surface area (Å²) in [6.45, 7) is 4.70. The summed E-state index contributed by atoms with van der Waals surface area (Å²) in [5.41, 5.74) is 1.46. The molecular weight excluding hydrogens is 502 g/mol. The van der Waals surface area contributed by atoms with Crippen molar-refractivity contribution < 1.29 is 22.7 Å². The number of halogens is 1.